The fourth-order valence-electron chi connectivity index (χ4n) is 4.03. The molecule has 0 atom stereocenters. The first-order chi connectivity index (χ1) is 19.2. The first-order valence-electron chi connectivity index (χ1n) is 11.6. The average Bonchev–Trinajstić information content (AvgIpc) is 3.32. The molecule has 5 aromatic rings. The van der Waals surface area contributed by atoms with Gasteiger partial charge in [0.1, 0.15) is 5.69 Å². The SMILES string of the molecule is O=C(Oc1c(Br)cc(Br)cc1C=NNC(=O)c1[nH]c2c(I)cccc2c1-c1ccccc1Cl)c1ccc(Br)cc1. The smallest absolute Gasteiger partial charge is 0.343 e. The number of rotatable bonds is 6. The van der Waals surface area contributed by atoms with E-state index in [-0.39, 0.29) is 5.75 Å². The van der Waals surface area contributed by atoms with E-state index in [9.17, 15) is 9.59 Å². The zero-order chi connectivity index (χ0) is 28.4. The highest BCUT2D eigenvalue weighted by atomic mass is 127. The average molecular weight is 857 g/mol. The molecule has 40 heavy (non-hydrogen) atoms. The summed E-state index contributed by atoms with van der Waals surface area (Å²) in [5.74, 6) is -0.738. The van der Waals surface area contributed by atoms with Crippen LogP contribution in [0.25, 0.3) is 22.0 Å². The summed E-state index contributed by atoms with van der Waals surface area (Å²) in [4.78, 5) is 29.5. The lowest BCUT2D eigenvalue weighted by atomic mass is 10.0. The van der Waals surface area contributed by atoms with Gasteiger partial charge >= 0.3 is 5.97 Å². The number of aromatic nitrogens is 1. The number of aromatic amines is 1. The molecule has 1 aromatic heterocycles. The van der Waals surface area contributed by atoms with E-state index in [0.29, 0.717) is 31.9 Å². The number of carbonyl (C=O) groups is 2. The van der Waals surface area contributed by atoms with Gasteiger partial charge in [-0.05, 0) is 87.1 Å². The Hall–Kier alpha value is -2.51. The van der Waals surface area contributed by atoms with Crippen LogP contribution in [-0.4, -0.2) is 23.1 Å². The summed E-state index contributed by atoms with van der Waals surface area (Å²) in [6.45, 7) is 0. The zero-order valence-corrected chi connectivity index (χ0v) is 27.8. The lowest BCUT2D eigenvalue weighted by molar-refractivity contribution is 0.0733. The highest BCUT2D eigenvalue weighted by Gasteiger charge is 2.22. The van der Waals surface area contributed by atoms with Crippen molar-refractivity contribution in [2.24, 2.45) is 5.10 Å². The molecule has 0 saturated heterocycles. The number of hydrogen-bond acceptors (Lipinski definition) is 4. The molecule has 4 aromatic carbocycles. The molecular weight excluding hydrogens is 840 g/mol. The van der Waals surface area contributed by atoms with Gasteiger partial charge in [0.25, 0.3) is 5.91 Å². The lowest BCUT2D eigenvalue weighted by Gasteiger charge is -2.11. The van der Waals surface area contributed by atoms with Crippen molar-refractivity contribution in [1.82, 2.24) is 10.4 Å². The minimum absolute atomic E-state index is 0.256. The molecule has 0 radical (unpaired) electrons. The molecule has 0 aliphatic rings. The maximum absolute atomic E-state index is 13.4. The molecule has 11 heteroatoms. The number of carbonyl (C=O) groups excluding carboxylic acids is 2. The number of benzene rings is 4. The largest absolute Gasteiger partial charge is 0.421 e. The quantitative estimate of drug-likeness (QED) is 0.0588. The molecule has 0 unspecified atom stereocenters. The molecule has 0 fully saturated rings. The van der Waals surface area contributed by atoms with E-state index in [1.54, 1.807) is 42.5 Å². The number of para-hydroxylation sites is 1. The van der Waals surface area contributed by atoms with Crippen molar-refractivity contribution in [2.45, 2.75) is 0 Å². The fraction of sp³-hybridized carbons (Fsp3) is 0. The van der Waals surface area contributed by atoms with Crippen molar-refractivity contribution in [3.63, 3.8) is 0 Å². The number of amides is 1. The van der Waals surface area contributed by atoms with E-state index < -0.39 is 11.9 Å². The maximum atomic E-state index is 13.4. The molecule has 200 valence electrons. The second kappa shape index (κ2) is 12.6. The first kappa shape index (κ1) is 29.0. The summed E-state index contributed by atoms with van der Waals surface area (Å²) in [6.07, 6.45) is 1.42. The highest BCUT2D eigenvalue weighted by molar-refractivity contribution is 14.1. The molecule has 0 aliphatic carbocycles. The summed E-state index contributed by atoms with van der Waals surface area (Å²) >= 11 is 19.0. The van der Waals surface area contributed by atoms with Gasteiger partial charge in [-0.2, -0.15) is 5.10 Å². The van der Waals surface area contributed by atoms with Crippen LogP contribution in [0.3, 0.4) is 0 Å². The number of fused-ring (bicyclic) bond motifs is 1. The Kier molecular flexibility index (Phi) is 9.11. The van der Waals surface area contributed by atoms with Gasteiger partial charge in [-0.1, -0.05) is 73.8 Å². The maximum Gasteiger partial charge on any atom is 0.343 e. The Morgan fingerprint density at radius 1 is 0.950 bits per heavy atom. The van der Waals surface area contributed by atoms with Gasteiger partial charge in [0, 0.05) is 39.6 Å². The third kappa shape index (κ3) is 6.20. The minimum atomic E-state index is -0.536. The van der Waals surface area contributed by atoms with Gasteiger partial charge in [0.15, 0.2) is 5.75 Å². The topological polar surface area (TPSA) is 83.5 Å². The van der Waals surface area contributed by atoms with Crippen LogP contribution < -0.4 is 10.2 Å². The number of hydrazone groups is 1. The number of H-pyrrole nitrogens is 1. The van der Waals surface area contributed by atoms with Crippen LogP contribution in [0, 0.1) is 3.57 Å². The molecule has 1 amide bonds. The van der Waals surface area contributed by atoms with Crippen LogP contribution in [0.15, 0.2) is 97.4 Å². The van der Waals surface area contributed by atoms with E-state index in [4.69, 9.17) is 16.3 Å². The lowest BCUT2D eigenvalue weighted by Crippen LogP contribution is -2.19. The van der Waals surface area contributed by atoms with Crippen LogP contribution in [0.4, 0.5) is 0 Å². The van der Waals surface area contributed by atoms with Crippen LogP contribution in [0.1, 0.15) is 26.4 Å². The Labute approximate surface area is 273 Å². The molecule has 0 bridgehead atoms. The van der Waals surface area contributed by atoms with E-state index in [1.807, 2.05) is 36.4 Å². The van der Waals surface area contributed by atoms with Crippen molar-refractivity contribution in [3.8, 4) is 16.9 Å². The predicted octanol–water partition coefficient (Wildman–Crippen LogP) is 9.36. The van der Waals surface area contributed by atoms with Crippen molar-refractivity contribution in [1.29, 1.82) is 0 Å². The number of hydrogen-bond donors (Lipinski definition) is 2. The molecule has 0 spiro atoms. The zero-order valence-electron chi connectivity index (χ0n) is 20.1. The summed E-state index contributed by atoms with van der Waals surface area (Å²) in [5, 5.41) is 5.58. The third-order valence-corrected chi connectivity index (χ3v) is 8.64. The van der Waals surface area contributed by atoms with Gasteiger partial charge in [-0.3, -0.25) is 4.79 Å². The van der Waals surface area contributed by atoms with E-state index >= 15 is 0 Å². The van der Waals surface area contributed by atoms with Crippen LogP contribution in [-0.2, 0) is 0 Å². The third-order valence-electron chi connectivity index (χ3n) is 5.83. The van der Waals surface area contributed by atoms with Gasteiger partial charge in [0.05, 0.1) is 21.8 Å². The molecule has 5 rings (SSSR count). The Bertz CT molecular complexity index is 1810. The van der Waals surface area contributed by atoms with Gasteiger partial charge in [-0.15, -0.1) is 0 Å². The number of nitrogens with one attached hydrogen (secondary N) is 2. The molecule has 2 N–H and O–H groups in total. The van der Waals surface area contributed by atoms with Crippen LogP contribution in [0.5, 0.6) is 5.75 Å². The second-order valence-electron chi connectivity index (χ2n) is 8.42. The van der Waals surface area contributed by atoms with Crippen molar-refractivity contribution < 1.29 is 14.3 Å². The fourth-order valence-corrected chi connectivity index (χ4v) is 6.50. The first-order valence-corrected chi connectivity index (χ1v) is 15.4. The summed E-state index contributed by atoms with van der Waals surface area (Å²) in [7, 11) is 0. The van der Waals surface area contributed by atoms with E-state index in [0.717, 1.165) is 29.0 Å². The molecule has 0 saturated carbocycles. The predicted molar refractivity (Wildman–Crippen MR) is 177 cm³/mol. The summed E-state index contributed by atoms with van der Waals surface area (Å²) in [5.41, 5.74) is 5.99. The molecule has 1 heterocycles. The van der Waals surface area contributed by atoms with Gasteiger partial charge in [0.2, 0.25) is 0 Å². The van der Waals surface area contributed by atoms with Crippen LogP contribution in [0.2, 0.25) is 5.02 Å². The highest BCUT2D eigenvalue weighted by Crippen LogP contribution is 2.38. The van der Waals surface area contributed by atoms with E-state index in [2.05, 4.69) is 85.9 Å². The second-order valence-corrected chi connectivity index (χ2v) is 12.7. The monoisotopic (exact) mass is 853 g/mol. The van der Waals surface area contributed by atoms with Crippen molar-refractivity contribution >= 4 is 111 Å². The van der Waals surface area contributed by atoms with E-state index in [1.165, 1.54) is 6.21 Å². The molecule has 6 nitrogen and oxygen atoms in total. The molecular formula is C29H16Br3ClIN3O3. The molecule has 0 aliphatic heterocycles. The number of nitrogens with zero attached hydrogens (tertiary/aromatic N) is 1. The Morgan fingerprint density at radius 2 is 1.70 bits per heavy atom. The van der Waals surface area contributed by atoms with Gasteiger partial charge < -0.3 is 9.72 Å². The van der Waals surface area contributed by atoms with Crippen molar-refractivity contribution in [3.05, 3.63) is 118 Å². The number of ether oxygens (including phenoxy) is 1. The Balaban J connectivity index is 1.46. The number of halogens is 5. The standard InChI is InChI=1S/C29H16Br3ClIN3O3/c30-17-10-8-15(9-11-17)29(39)40-27-16(12-18(31)13-21(27)32)14-35-37-28(38)26-24(19-4-1-2-6-22(19)33)20-5-3-7-23(34)25(20)36-26/h1-14,36H,(H,37,38). The number of esters is 1. The normalized spacial score (nSPS) is 11.2. The Morgan fingerprint density at radius 3 is 2.45 bits per heavy atom. The van der Waals surface area contributed by atoms with Gasteiger partial charge in [-0.25, -0.2) is 10.2 Å². The minimum Gasteiger partial charge on any atom is -0.421 e. The summed E-state index contributed by atoms with van der Waals surface area (Å²) < 4.78 is 8.76. The van der Waals surface area contributed by atoms with Crippen LogP contribution >= 0.6 is 82.0 Å². The van der Waals surface area contributed by atoms with Crippen molar-refractivity contribution in [2.75, 3.05) is 0 Å². The summed E-state index contributed by atoms with van der Waals surface area (Å²) in [6, 6.07) is 23.5.